The van der Waals surface area contributed by atoms with Crippen LogP contribution in [-0.4, -0.2) is 9.13 Å². The number of para-hydroxylation sites is 2. The second-order valence-electron chi connectivity index (χ2n) is 14.5. The third kappa shape index (κ3) is 5.11. The Kier molecular flexibility index (Phi) is 7.53. The van der Waals surface area contributed by atoms with Crippen molar-refractivity contribution in [3.63, 3.8) is 0 Å². The Hall–Kier alpha value is -7.42. The molecular formula is C54H36N2. The Balaban J connectivity index is 1.13. The molecule has 11 aromatic rings. The summed E-state index contributed by atoms with van der Waals surface area (Å²) in [4.78, 5) is 0. The monoisotopic (exact) mass is 712 g/mol. The van der Waals surface area contributed by atoms with E-state index >= 15 is 0 Å². The predicted octanol–water partition coefficient (Wildman–Crippen LogP) is 14.5. The van der Waals surface area contributed by atoms with Crippen LogP contribution in [-0.2, 0) is 0 Å². The first kappa shape index (κ1) is 32.0. The van der Waals surface area contributed by atoms with E-state index in [1.54, 1.807) is 0 Å². The lowest BCUT2D eigenvalue weighted by Gasteiger charge is -2.14. The smallest absolute Gasteiger partial charge is 0.0547 e. The molecule has 2 aromatic heterocycles. The van der Waals surface area contributed by atoms with Crippen molar-refractivity contribution < 1.29 is 0 Å². The lowest BCUT2D eigenvalue weighted by Crippen LogP contribution is -1.95. The van der Waals surface area contributed by atoms with Crippen molar-refractivity contribution in [3.8, 4) is 55.9 Å². The van der Waals surface area contributed by atoms with Gasteiger partial charge in [-0.15, -0.1) is 0 Å². The van der Waals surface area contributed by atoms with Crippen LogP contribution in [0.3, 0.4) is 0 Å². The number of aromatic nitrogens is 2. The Morgan fingerprint density at radius 1 is 0.232 bits per heavy atom. The van der Waals surface area contributed by atoms with Crippen LogP contribution in [0.2, 0.25) is 0 Å². The molecule has 0 fully saturated rings. The van der Waals surface area contributed by atoms with Crippen LogP contribution in [0.15, 0.2) is 218 Å². The minimum absolute atomic E-state index is 1.14. The van der Waals surface area contributed by atoms with Gasteiger partial charge in [-0.3, -0.25) is 0 Å². The Morgan fingerprint density at radius 3 is 1.18 bits per heavy atom. The predicted molar refractivity (Wildman–Crippen MR) is 237 cm³/mol. The summed E-state index contributed by atoms with van der Waals surface area (Å²) in [6.45, 7) is 0. The van der Waals surface area contributed by atoms with E-state index in [4.69, 9.17) is 0 Å². The molecular weight excluding hydrogens is 677 g/mol. The topological polar surface area (TPSA) is 9.86 Å². The number of benzene rings is 9. The SMILES string of the molecule is c1ccc(-c2cccc(-n3c4ccccc4c4c(-c5cccc6c5c5ccccc5n6-c5cccc(-c6ccccc6-c6ccccc6)c5)cccc43)c2)cc1. The first-order valence-electron chi connectivity index (χ1n) is 19.3. The summed E-state index contributed by atoms with van der Waals surface area (Å²) in [5.41, 5.74) is 16.8. The van der Waals surface area contributed by atoms with Gasteiger partial charge in [-0.2, -0.15) is 0 Å². The van der Waals surface area contributed by atoms with Crippen molar-refractivity contribution in [2.45, 2.75) is 0 Å². The molecule has 0 aliphatic heterocycles. The highest BCUT2D eigenvalue weighted by Gasteiger charge is 2.21. The van der Waals surface area contributed by atoms with E-state index in [0.29, 0.717) is 0 Å². The molecule has 0 saturated carbocycles. The third-order valence-electron chi connectivity index (χ3n) is 11.3. The summed E-state index contributed by atoms with van der Waals surface area (Å²) in [5, 5.41) is 5.00. The minimum Gasteiger partial charge on any atom is -0.309 e. The minimum atomic E-state index is 1.14. The van der Waals surface area contributed by atoms with Gasteiger partial charge in [0.1, 0.15) is 0 Å². The molecule has 2 heterocycles. The van der Waals surface area contributed by atoms with Crippen LogP contribution in [0.5, 0.6) is 0 Å². The molecule has 2 heteroatoms. The molecule has 11 rings (SSSR count). The van der Waals surface area contributed by atoms with Crippen LogP contribution in [0.4, 0.5) is 0 Å². The number of hydrogen-bond donors (Lipinski definition) is 0. The molecule has 0 atom stereocenters. The molecule has 0 N–H and O–H groups in total. The van der Waals surface area contributed by atoms with Crippen molar-refractivity contribution in [3.05, 3.63) is 218 Å². The van der Waals surface area contributed by atoms with Gasteiger partial charge in [0.25, 0.3) is 0 Å². The van der Waals surface area contributed by atoms with Crippen molar-refractivity contribution >= 4 is 43.6 Å². The van der Waals surface area contributed by atoms with Gasteiger partial charge in [0.2, 0.25) is 0 Å². The third-order valence-corrected chi connectivity index (χ3v) is 11.3. The van der Waals surface area contributed by atoms with E-state index in [1.807, 2.05) is 0 Å². The fourth-order valence-electron chi connectivity index (χ4n) is 8.92. The summed E-state index contributed by atoms with van der Waals surface area (Å²) in [5.74, 6) is 0. The second kappa shape index (κ2) is 13.2. The number of fused-ring (bicyclic) bond motifs is 6. The maximum absolute atomic E-state index is 2.45. The van der Waals surface area contributed by atoms with Crippen LogP contribution in [0.25, 0.3) is 99.5 Å². The number of rotatable bonds is 6. The summed E-state index contributed by atoms with van der Waals surface area (Å²) >= 11 is 0. The summed E-state index contributed by atoms with van der Waals surface area (Å²) in [6, 6.07) is 79.3. The van der Waals surface area contributed by atoms with E-state index in [9.17, 15) is 0 Å². The van der Waals surface area contributed by atoms with Gasteiger partial charge in [-0.05, 0) is 93.0 Å². The molecule has 262 valence electrons. The number of hydrogen-bond acceptors (Lipinski definition) is 0. The molecule has 0 unspecified atom stereocenters. The molecule has 2 nitrogen and oxygen atoms in total. The Bertz CT molecular complexity index is 3240. The van der Waals surface area contributed by atoms with Crippen LogP contribution >= 0.6 is 0 Å². The highest BCUT2D eigenvalue weighted by Crippen LogP contribution is 2.44. The van der Waals surface area contributed by atoms with Crippen molar-refractivity contribution in [1.82, 2.24) is 9.13 Å². The van der Waals surface area contributed by atoms with Gasteiger partial charge >= 0.3 is 0 Å². The highest BCUT2D eigenvalue weighted by atomic mass is 15.0. The standard InChI is InChI=1S/C54H36N2/c1-3-17-37(18-4-1)39-21-13-23-41(35-39)55-49-31-11-9-27-47(49)53-45(29-15-33-51(53)55)46-30-16-34-52-54(46)48-28-10-12-32-50(48)56(52)42-24-14-22-40(36-42)44-26-8-7-25-43(44)38-19-5-2-6-20-38/h1-36H. The molecule has 0 saturated heterocycles. The van der Waals surface area contributed by atoms with Gasteiger partial charge in [0.15, 0.2) is 0 Å². The molecule has 0 spiro atoms. The van der Waals surface area contributed by atoms with E-state index < -0.39 is 0 Å². The van der Waals surface area contributed by atoms with Crippen molar-refractivity contribution in [2.24, 2.45) is 0 Å². The summed E-state index contributed by atoms with van der Waals surface area (Å²) in [6.07, 6.45) is 0. The molecule has 0 bridgehead atoms. The zero-order valence-corrected chi connectivity index (χ0v) is 30.7. The Morgan fingerprint density at radius 2 is 0.607 bits per heavy atom. The second-order valence-corrected chi connectivity index (χ2v) is 14.5. The maximum atomic E-state index is 2.45. The molecule has 0 aliphatic carbocycles. The molecule has 0 amide bonds. The Labute approximate surface area is 325 Å². The van der Waals surface area contributed by atoms with Gasteiger partial charge < -0.3 is 9.13 Å². The van der Waals surface area contributed by atoms with Gasteiger partial charge in [-0.1, -0.05) is 170 Å². The van der Waals surface area contributed by atoms with Gasteiger partial charge in [0.05, 0.1) is 22.1 Å². The van der Waals surface area contributed by atoms with E-state index in [0.717, 1.165) is 11.4 Å². The zero-order valence-electron chi connectivity index (χ0n) is 30.7. The van der Waals surface area contributed by atoms with Crippen molar-refractivity contribution in [2.75, 3.05) is 0 Å². The van der Waals surface area contributed by atoms with Crippen LogP contribution in [0.1, 0.15) is 0 Å². The van der Waals surface area contributed by atoms with Gasteiger partial charge in [0, 0.05) is 32.9 Å². The van der Waals surface area contributed by atoms with Crippen LogP contribution in [0, 0.1) is 0 Å². The lowest BCUT2D eigenvalue weighted by molar-refractivity contribution is 1.18. The molecule has 56 heavy (non-hydrogen) atoms. The molecule has 0 aliphatic rings. The van der Waals surface area contributed by atoms with E-state index in [2.05, 4.69) is 228 Å². The molecule has 9 aromatic carbocycles. The normalized spacial score (nSPS) is 11.6. The fourth-order valence-corrected chi connectivity index (χ4v) is 8.92. The fraction of sp³-hybridized carbons (Fsp3) is 0. The lowest BCUT2D eigenvalue weighted by atomic mass is 9.94. The molecule has 0 radical (unpaired) electrons. The average molecular weight is 713 g/mol. The number of nitrogens with zero attached hydrogens (tertiary/aromatic N) is 2. The van der Waals surface area contributed by atoms with Crippen LogP contribution < -0.4 is 0 Å². The van der Waals surface area contributed by atoms with Crippen molar-refractivity contribution in [1.29, 1.82) is 0 Å². The zero-order chi connectivity index (χ0) is 37.0. The quantitative estimate of drug-likeness (QED) is 0.162. The maximum Gasteiger partial charge on any atom is 0.0547 e. The average Bonchev–Trinajstić information content (AvgIpc) is 3.80. The summed E-state index contributed by atoms with van der Waals surface area (Å²) < 4.78 is 4.88. The van der Waals surface area contributed by atoms with Gasteiger partial charge in [-0.25, -0.2) is 0 Å². The first-order valence-corrected chi connectivity index (χ1v) is 19.3. The highest BCUT2D eigenvalue weighted by molar-refractivity contribution is 6.22. The summed E-state index contributed by atoms with van der Waals surface area (Å²) in [7, 11) is 0. The largest absolute Gasteiger partial charge is 0.309 e. The first-order chi connectivity index (χ1) is 27.8. The van der Waals surface area contributed by atoms with E-state index in [1.165, 1.54) is 88.1 Å². The van der Waals surface area contributed by atoms with E-state index in [-0.39, 0.29) is 0 Å².